The summed E-state index contributed by atoms with van der Waals surface area (Å²) in [4.78, 5) is 12.2. The van der Waals surface area contributed by atoms with Crippen molar-refractivity contribution >= 4 is 10.0 Å². The maximum Gasteiger partial charge on any atom is 0.250 e. The maximum atomic E-state index is 13.2. The quantitative estimate of drug-likeness (QED) is 0.799. The molecule has 1 aromatic carbocycles. The van der Waals surface area contributed by atoms with Gasteiger partial charge in [0.25, 0.3) is 5.56 Å². The number of sulfonamides is 1. The number of pyridine rings is 1. The van der Waals surface area contributed by atoms with Crippen molar-refractivity contribution in [2.45, 2.75) is 23.8 Å². The largest absolute Gasteiger partial charge is 0.495 e. The lowest BCUT2D eigenvalue weighted by Crippen LogP contribution is -2.49. The van der Waals surface area contributed by atoms with Gasteiger partial charge in [-0.15, -0.1) is 0 Å². The number of hydrogen-bond acceptors (Lipinski definition) is 5. The van der Waals surface area contributed by atoms with E-state index in [2.05, 4.69) is 0 Å². The van der Waals surface area contributed by atoms with Crippen LogP contribution in [0.3, 0.4) is 0 Å². The summed E-state index contributed by atoms with van der Waals surface area (Å²) in [5, 5.41) is 9.25. The highest BCUT2D eigenvalue weighted by Gasteiger charge is 2.39. The van der Waals surface area contributed by atoms with Crippen LogP contribution in [0.25, 0.3) is 0 Å². The molecule has 0 radical (unpaired) electrons. The number of fused-ring (bicyclic) bond motifs is 4. The van der Waals surface area contributed by atoms with Crippen molar-refractivity contribution in [3.05, 3.63) is 58.0 Å². The molecular weight excluding hydrogens is 366 g/mol. The van der Waals surface area contributed by atoms with Crippen molar-refractivity contribution < 1.29 is 13.2 Å². The van der Waals surface area contributed by atoms with Crippen LogP contribution >= 0.6 is 0 Å². The molecule has 0 aliphatic carbocycles. The van der Waals surface area contributed by atoms with Crippen LogP contribution in [0.5, 0.6) is 5.75 Å². The minimum Gasteiger partial charge on any atom is -0.495 e. The Morgan fingerprint density at radius 2 is 2.00 bits per heavy atom. The van der Waals surface area contributed by atoms with E-state index in [1.54, 1.807) is 16.7 Å². The molecule has 2 bridgehead atoms. The van der Waals surface area contributed by atoms with Gasteiger partial charge in [0.15, 0.2) is 0 Å². The van der Waals surface area contributed by atoms with Gasteiger partial charge in [0.2, 0.25) is 10.0 Å². The molecule has 140 valence electrons. The van der Waals surface area contributed by atoms with Gasteiger partial charge in [-0.2, -0.15) is 9.57 Å². The van der Waals surface area contributed by atoms with Crippen LogP contribution < -0.4 is 10.3 Å². The number of ether oxygens (including phenoxy) is 1. The number of nitrogens with zero attached hydrogens (tertiary/aromatic N) is 3. The summed E-state index contributed by atoms with van der Waals surface area (Å²) in [6.45, 7) is 1.23. The zero-order chi connectivity index (χ0) is 19.2. The summed E-state index contributed by atoms with van der Waals surface area (Å²) >= 11 is 0. The molecule has 4 rings (SSSR count). The Bertz CT molecular complexity index is 1100. The molecule has 8 heteroatoms. The van der Waals surface area contributed by atoms with E-state index in [1.165, 1.54) is 29.6 Å². The van der Waals surface area contributed by atoms with E-state index in [9.17, 15) is 18.5 Å². The van der Waals surface area contributed by atoms with E-state index < -0.39 is 10.0 Å². The van der Waals surface area contributed by atoms with Crippen molar-refractivity contribution in [3.63, 3.8) is 0 Å². The summed E-state index contributed by atoms with van der Waals surface area (Å²) in [6.07, 6.45) is 0.877. The Kier molecular flexibility index (Phi) is 4.29. The maximum absolute atomic E-state index is 13.2. The molecule has 2 aliphatic heterocycles. The third-order valence-corrected chi connectivity index (χ3v) is 7.20. The first-order valence-electron chi connectivity index (χ1n) is 8.72. The molecule has 27 heavy (non-hydrogen) atoms. The summed E-state index contributed by atoms with van der Waals surface area (Å²) in [6, 6.07) is 11.5. The summed E-state index contributed by atoms with van der Waals surface area (Å²) < 4.78 is 34.7. The predicted octanol–water partition coefficient (Wildman–Crippen LogP) is 1.54. The Balaban J connectivity index is 1.69. The van der Waals surface area contributed by atoms with Crippen LogP contribution in [0.15, 0.2) is 46.1 Å². The van der Waals surface area contributed by atoms with Crippen LogP contribution in [0.2, 0.25) is 0 Å². The number of rotatable bonds is 3. The van der Waals surface area contributed by atoms with Gasteiger partial charge in [-0.25, -0.2) is 8.42 Å². The average molecular weight is 385 g/mol. The lowest BCUT2D eigenvalue weighted by Gasteiger charge is -2.42. The minimum atomic E-state index is -3.74. The molecule has 0 N–H and O–H groups in total. The van der Waals surface area contributed by atoms with Crippen molar-refractivity contribution in [1.29, 1.82) is 5.26 Å². The Morgan fingerprint density at radius 3 is 2.74 bits per heavy atom. The zero-order valence-electron chi connectivity index (χ0n) is 14.8. The van der Waals surface area contributed by atoms with E-state index in [4.69, 9.17) is 4.74 Å². The fourth-order valence-electron chi connectivity index (χ4n) is 4.13. The van der Waals surface area contributed by atoms with E-state index in [0.29, 0.717) is 25.4 Å². The molecule has 2 aliphatic rings. The SMILES string of the molecule is COc1ccc(S(=O)(=O)N2C[C@H]3C[C@@H](C2)c2cccc(=O)n2C3)cc1C#N. The third kappa shape index (κ3) is 2.93. The molecule has 3 heterocycles. The molecular formula is C19H19N3O4S. The first kappa shape index (κ1) is 17.8. The highest BCUT2D eigenvalue weighted by Crippen LogP contribution is 2.37. The van der Waals surface area contributed by atoms with Crippen molar-refractivity contribution in [3.8, 4) is 11.8 Å². The molecule has 2 aromatic rings. The summed E-state index contributed by atoms with van der Waals surface area (Å²) in [5.74, 6) is 0.440. The summed E-state index contributed by atoms with van der Waals surface area (Å²) in [5.41, 5.74) is 1.05. The van der Waals surface area contributed by atoms with Gasteiger partial charge in [0.05, 0.1) is 17.6 Å². The number of hydrogen-bond donors (Lipinski definition) is 0. The minimum absolute atomic E-state index is 0.00476. The number of aromatic nitrogens is 1. The van der Waals surface area contributed by atoms with E-state index in [1.807, 2.05) is 12.1 Å². The van der Waals surface area contributed by atoms with Crippen LogP contribution in [0.4, 0.5) is 0 Å². The van der Waals surface area contributed by atoms with Crippen LogP contribution in [0, 0.1) is 17.2 Å². The zero-order valence-corrected chi connectivity index (χ0v) is 15.6. The van der Waals surface area contributed by atoms with E-state index in [-0.39, 0.29) is 27.9 Å². The van der Waals surface area contributed by atoms with Crippen LogP contribution in [0.1, 0.15) is 23.6 Å². The molecule has 1 fully saturated rings. The van der Waals surface area contributed by atoms with Crippen LogP contribution in [-0.4, -0.2) is 37.5 Å². The molecule has 1 aromatic heterocycles. The first-order valence-corrected chi connectivity index (χ1v) is 10.2. The topological polar surface area (TPSA) is 92.4 Å². The highest BCUT2D eigenvalue weighted by atomic mass is 32.2. The fraction of sp³-hybridized carbons (Fsp3) is 0.368. The molecule has 0 saturated carbocycles. The molecule has 0 spiro atoms. The third-order valence-electron chi connectivity index (χ3n) is 5.38. The van der Waals surface area contributed by atoms with Crippen LogP contribution in [-0.2, 0) is 16.6 Å². The molecule has 1 saturated heterocycles. The van der Waals surface area contributed by atoms with E-state index in [0.717, 1.165) is 12.1 Å². The van der Waals surface area contributed by atoms with Gasteiger partial charge >= 0.3 is 0 Å². The van der Waals surface area contributed by atoms with Gasteiger partial charge < -0.3 is 9.30 Å². The molecule has 7 nitrogen and oxygen atoms in total. The van der Waals surface area contributed by atoms with Gasteiger partial charge in [-0.1, -0.05) is 6.07 Å². The Hall–Kier alpha value is -2.63. The average Bonchev–Trinajstić information content (AvgIpc) is 2.68. The molecule has 2 atom stereocenters. The Labute approximate surface area is 157 Å². The van der Waals surface area contributed by atoms with Crippen molar-refractivity contribution in [2.24, 2.45) is 5.92 Å². The second-order valence-corrected chi connectivity index (χ2v) is 8.93. The van der Waals surface area contributed by atoms with Crippen molar-refractivity contribution in [2.75, 3.05) is 20.2 Å². The van der Waals surface area contributed by atoms with Gasteiger partial charge in [-0.3, -0.25) is 4.79 Å². The van der Waals surface area contributed by atoms with Gasteiger partial charge in [0.1, 0.15) is 11.8 Å². The second kappa shape index (κ2) is 6.51. The van der Waals surface area contributed by atoms with Gasteiger partial charge in [0, 0.05) is 37.3 Å². The fourth-order valence-corrected chi connectivity index (χ4v) is 5.72. The smallest absolute Gasteiger partial charge is 0.250 e. The summed E-state index contributed by atoms with van der Waals surface area (Å²) in [7, 11) is -2.29. The predicted molar refractivity (Wildman–Crippen MR) is 98.0 cm³/mol. The molecule has 0 amide bonds. The number of piperidine rings is 1. The number of nitriles is 1. The van der Waals surface area contributed by atoms with E-state index >= 15 is 0 Å². The standard InChI is InChI=1S/C19H19N3O4S/c1-26-18-6-5-16(8-14(18)9-20)27(24,25)21-10-13-7-15(12-21)17-3-2-4-19(23)22(17)11-13/h2-6,8,13,15H,7,10-12H2,1H3/t13-,15+/m1/s1. The second-order valence-electron chi connectivity index (χ2n) is 6.99. The number of benzene rings is 1. The monoisotopic (exact) mass is 385 g/mol. The number of methoxy groups -OCH3 is 1. The normalized spacial score (nSPS) is 21.9. The molecule has 0 unspecified atom stereocenters. The Morgan fingerprint density at radius 1 is 1.19 bits per heavy atom. The first-order chi connectivity index (χ1) is 12.9. The lowest BCUT2D eigenvalue weighted by molar-refractivity contribution is 0.186. The lowest BCUT2D eigenvalue weighted by atomic mass is 9.84. The van der Waals surface area contributed by atoms with Crippen molar-refractivity contribution in [1.82, 2.24) is 8.87 Å². The highest BCUT2D eigenvalue weighted by molar-refractivity contribution is 7.89. The van der Waals surface area contributed by atoms with Gasteiger partial charge in [-0.05, 0) is 36.6 Å².